The molecule has 4 nitrogen and oxygen atoms in total. The minimum Gasteiger partial charge on any atom is -0.377 e. The molecule has 3 aromatic rings. The first-order chi connectivity index (χ1) is 15.1. The van der Waals surface area contributed by atoms with E-state index in [0.29, 0.717) is 18.9 Å². The highest BCUT2D eigenvalue weighted by Crippen LogP contribution is 2.32. The summed E-state index contributed by atoms with van der Waals surface area (Å²) in [6.45, 7) is 3.72. The van der Waals surface area contributed by atoms with Crippen molar-refractivity contribution < 1.29 is 13.9 Å². The predicted octanol–water partition coefficient (Wildman–Crippen LogP) is 5.86. The maximum atomic E-state index is 13.5. The molecule has 2 aromatic carbocycles. The number of ether oxygens (including phenoxy) is 1. The second kappa shape index (κ2) is 10.2. The summed E-state index contributed by atoms with van der Waals surface area (Å²) in [7, 11) is 0. The van der Waals surface area contributed by atoms with Gasteiger partial charge in [0.25, 0.3) is 5.91 Å². The van der Waals surface area contributed by atoms with Crippen LogP contribution in [0.15, 0.2) is 54.6 Å². The van der Waals surface area contributed by atoms with Gasteiger partial charge in [-0.05, 0) is 55.9 Å². The molecule has 0 spiro atoms. The quantitative estimate of drug-likeness (QED) is 0.434. The van der Waals surface area contributed by atoms with Gasteiger partial charge in [0.05, 0.1) is 16.5 Å². The number of benzene rings is 2. The van der Waals surface area contributed by atoms with Gasteiger partial charge in [0.2, 0.25) is 0 Å². The standard InChI is InChI=1S/C25H27FN2O2S/c1-18-27-23(24(31-18)20-7-3-2-4-8-20)25(29)28-15-6-5-9-22(28)14-16-30-17-19-10-12-21(26)13-11-19/h2-4,7-8,10-13,22H,5-6,9,14-17H2,1H3. The second-order valence-electron chi connectivity index (χ2n) is 7.89. The average Bonchev–Trinajstić information content (AvgIpc) is 3.20. The van der Waals surface area contributed by atoms with E-state index in [2.05, 4.69) is 4.98 Å². The van der Waals surface area contributed by atoms with Gasteiger partial charge < -0.3 is 9.64 Å². The molecule has 0 bridgehead atoms. The molecular formula is C25H27FN2O2S. The molecule has 6 heteroatoms. The lowest BCUT2D eigenvalue weighted by Gasteiger charge is -2.35. The van der Waals surface area contributed by atoms with Gasteiger partial charge in [-0.1, -0.05) is 42.5 Å². The zero-order valence-corrected chi connectivity index (χ0v) is 18.5. The highest BCUT2D eigenvalue weighted by molar-refractivity contribution is 7.15. The molecular weight excluding hydrogens is 411 g/mol. The highest BCUT2D eigenvalue weighted by atomic mass is 32.1. The van der Waals surface area contributed by atoms with Crippen LogP contribution in [0.25, 0.3) is 10.4 Å². The van der Waals surface area contributed by atoms with Crippen molar-refractivity contribution in [3.05, 3.63) is 76.7 Å². The van der Waals surface area contributed by atoms with E-state index in [4.69, 9.17) is 4.74 Å². The topological polar surface area (TPSA) is 42.4 Å². The van der Waals surface area contributed by atoms with Gasteiger partial charge in [0, 0.05) is 19.2 Å². The van der Waals surface area contributed by atoms with E-state index >= 15 is 0 Å². The van der Waals surface area contributed by atoms with Crippen LogP contribution >= 0.6 is 11.3 Å². The average molecular weight is 439 g/mol. The Morgan fingerprint density at radius 1 is 1.16 bits per heavy atom. The van der Waals surface area contributed by atoms with E-state index in [-0.39, 0.29) is 17.8 Å². The Labute approximate surface area is 186 Å². The molecule has 1 fully saturated rings. The first kappa shape index (κ1) is 21.7. The van der Waals surface area contributed by atoms with E-state index in [9.17, 15) is 9.18 Å². The van der Waals surface area contributed by atoms with E-state index in [1.807, 2.05) is 42.2 Å². The fourth-order valence-electron chi connectivity index (χ4n) is 4.05. The van der Waals surface area contributed by atoms with Gasteiger partial charge in [-0.2, -0.15) is 0 Å². The predicted molar refractivity (Wildman–Crippen MR) is 122 cm³/mol. The van der Waals surface area contributed by atoms with Gasteiger partial charge in [-0.25, -0.2) is 9.37 Å². The number of carbonyl (C=O) groups is 1. The molecule has 4 rings (SSSR count). The fraction of sp³-hybridized carbons (Fsp3) is 0.360. The molecule has 2 heterocycles. The minimum atomic E-state index is -0.243. The molecule has 1 aliphatic heterocycles. The molecule has 1 unspecified atom stereocenters. The SMILES string of the molecule is Cc1nc(C(=O)N2CCCCC2CCOCc2ccc(F)cc2)c(-c2ccccc2)s1. The van der Waals surface area contributed by atoms with Crippen molar-refractivity contribution in [2.24, 2.45) is 0 Å². The van der Waals surface area contributed by atoms with E-state index in [1.165, 1.54) is 12.1 Å². The molecule has 0 N–H and O–H groups in total. The summed E-state index contributed by atoms with van der Waals surface area (Å²) in [6.07, 6.45) is 3.91. The molecule has 0 radical (unpaired) electrons. The zero-order valence-electron chi connectivity index (χ0n) is 17.7. The lowest BCUT2D eigenvalue weighted by atomic mass is 9.98. The van der Waals surface area contributed by atoms with Crippen LogP contribution in [-0.2, 0) is 11.3 Å². The van der Waals surface area contributed by atoms with E-state index in [0.717, 1.165) is 53.2 Å². The Bertz CT molecular complexity index is 1000. The van der Waals surface area contributed by atoms with Gasteiger partial charge in [0.1, 0.15) is 11.5 Å². The van der Waals surface area contributed by atoms with Crippen molar-refractivity contribution in [1.29, 1.82) is 0 Å². The number of aryl methyl sites for hydroxylation is 1. The van der Waals surface area contributed by atoms with Crippen LogP contribution in [0.2, 0.25) is 0 Å². The van der Waals surface area contributed by atoms with Crippen molar-refractivity contribution in [2.45, 2.75) is 45.3 Å². The van der Waals surface area contributed by atoms with Crippen LogP contribution in [0.3, 0.4) is 0 Å². The van der Waals surface area contributed by atoms with Crippen molar-refractivity contribution in [2.75, 3.05) is 13.2 Å². The summed E-state index contributed by atoms with van der Waals surface area (Å²) >= 11 is 1.57. The van der Waals surface area contributed by atoms with Gasteiger partial charge >= 0.3 is 0 Å². The summed E-state index contributed by atoms with van der Waals surface area (Å²) in [5, 5.41) is 0.901. The summed E-state index contributed by atoms with van der Waals surface area (Å²) in [5.74, 6) is -0.223. The number of thiazole rings is 1. The Hall–Kier alpha value is -2.57. The number of rotatable bonds is 7. The van der Waals surface area contributed by atoms with Gasteiger partial charge in [0.15, 0.2) is 0 Å². The second-order valence-corrected chi connectivity index (χ2v) is 9.10. The molecule has 0 saturated carbocycles. The Morgan fingerprint density at radius 2 is 1.94 bits per heavy atom. The normalized spacial score (nSPS) is 16.5. The Kier molecular flexibility index (Phi) is 7.10. The monoisotopic (exact) mass is 438 g/mol. The number of hydrogen-bond donors (Lipinski definition) is 0. The maximum Gasteiger partial charge on any atom is 0.274 e. The molecule has 1 atom stereocenters. The van der Waals surface area contributed by atoms with Crippen LogP contribution in [-0.4, -0.2) is 35.0 Å². The van der Waals surface area contributed by atoms with E-state index in [1.54, 1.807) is 23.5 Å². The summed E-state index contributed by atoms with van der Waals surface area (Å²) in [4.78, 5) is 21.0. The van der Waals surface area contributed by atoms with Crippen LogP contribution in [0.5, 0.6) is 0 Å². The summed E-state index contributed by atoms with van der Waals surface area (Å²) in [6, 6.07) is 16.5. The van der Waals surface area contributed by atoms with E-state index < -0.39 is 0 Å². The molecule has 1 amide bonds. The van der Waals surface area contributed by atoms with Crippen molar-refractivity contribution in [3.63, 3.8) is 0 Å². The van der Waals surface area contributed by atoms with Crippen LogP contribution in [0.4, 0.5) is 4.39 Å². The number of piperidine rings is 1. The third-order valence-corrected chi connectivity index (χ3v) is 6.66. The number of likely N-dealkylation sites (tertiary alicyclic amines) is 1. The Balaban J connectivity index is 1.41. The van der Waals surface area contributed by atoms with Crippen molar-refractivity contribution >= 4 is 17.2 Å². The molecule has 1 aliphatic rings. The Morgan fingerprint density at radius 3 is 2.71 bits per heavy atom. The highest BCUT2D eigenvalue weighted by Gasteiger charge is 2.30. The number of amides is 1. The lowest BCUT2D eigenvalue weighted by Crippen LogP contribution is -2.44. The third-order valence-electron chi connectivity index (χ3n) is 5.64. The maximum absolute atomic E-state index is 13.5. The van der Waals surface area contributed by atoms with Crippen LogP contribution < -0.4 is 0 Å². The van der Waals surface area contributed by atoms with Gasteiger partial charge in [-0.3, -0.25) is 4.79 Å². The number of nitrogens with zero attached hydrogens (tertiary/aromatic N) is 2. The third kappa shape index (κ3) is 5.38. The fourth-order valence-corrected chi connectivity index (χ4v) is 4.97. The minimum absolute atomic E-state index is 0.0198. The number of halogens is 1. The molecule has 0 aliphatic carbocycles. The number of aromatic nitrogens is 1. The van der Waals surface area contributed by atoms with Crippen LogP contribution in [0, 0.1) is 12.7 Å². The molecule has 162 valence electrons. The first-order valence-corrected chi connectivity index (χ1v) is 11.6. The first-order valence-electron chi connectivity index (χ1n) is 10.8. The number of carbonyl (C=O) groups excluding carboxylic acids is 1. The lowest BCUT2D eigenvalue weighted by molar-refractivity contribution is 0.0491. The molecule has 31 heavy (non-hydrogen) atoms. The summed E-state index contributed by atoms with van der Waals surface area (Å²) in [5.41, 5.74) is 2.55. The zero-order chi connectivity index (χ0) is 21.6. The van der Waals surface area contributed by atoms with Gasteiger partial charge in [-0.15, -0.1) is 11.3 Å². The van der Waals surface area contributed by atoms with Crippen molar-refractivity contribution in [1.82, 2.24) is 9.88 Å². The van der Waals surface area contributed by atoms with Crippen molar-refractivity contribution in [3.8, 4) is 10.4 Å². The molecule has 1 saturated heterocycles. The largest absolute Gasteiger partial charge is 0.377 e. The molecule has 1 aromatic heterocycles. The smallest absolute Gasteiger partial charge is 0.274 e. The van der Waals surface area contributed by atoms with Crippen LogP contribution in [0.1, 0.15) is 46.7 Å². The summed E-state index contributed by atoms with van der Waals surface area (Å²) < 4.78 is 18.9. The number of hydrogen-bond acceptors (Lipinski definition) is 4.